The average molecular weight is 1440 g/mol. The highest BCUT2D eigenvalue weighted by Crippen LogP contribution is 2.43. The molecule has 0 spiro atoms. The Morgan fingerprint density at radius 1 is 0.510 bits per heavy atom. The van der Waals surface area contributed by atoms with E-state index >= 15 is 0 Å². The SMILES string of the molecule is CCC(C)n1ncn(-c2ccc(N3CC[N+]([O-])(c4ccc(OC[C@@H]5CO[C@@](Cn6cncn6)(c6ccc(Cl)cc6Cl)O5)cc4)CC3)cc2)c1=O.CCC(C)n1ncn(-c2ccc(N3CC[N+]([O-])(c4ccc(OC[C@H]5CO[C@](Cn6cncn6)(c6ccc(Cl)cc6Cl)O5)cc4)CC3)cc2)c1=O. The van der Waals surface area contributed by atoms with Crippen LogP contribution in [0.3, 0.4) is 0 Å². The summed E-state index contributed by atoms with van der Waals surface area (Å²) in [6.45, 7) is 13.5. The molecule has 0 amide bonds. The van der Waals surface area contributed by atoms with Gasteiger partial charge in [0.15, 0.2) is 0 Å². The molecule has 0 bridgehead atoms. The molecule has 14 rings (SSSR count). The van der Waals surface area contributed by atoms with Crippen molar-refractivity contribution in [1.29, 1.82) is 0 Å². The molecular weight excluding hydrogens is 1370 g/mol. The predicted octanol–water partition coefficient (Wildman–Crippen LogP) is 11.2. The lowest BCUT2D eigenvalue weighted by atomic mass is 10.1. The molecule has 4 fully saturated rings. The zero-order chi connectivity index (χ0) is 69.8. The van der Waals surface area contributed by atoms with Crippen molar-refractivity contribution >= 4 is 69.2 Å². The van der Waals surface area contributed by atoms with Crippen molar-refractivity contribution in [2.75, 3.05) is 88.6 Å². The number of hydrogen-bond acceptors (Lipinski definition) is 18. The molecule has 10 aromatic rings. The first-order valence-corrected chi connectivity index (χ1v) is 34.7. The number of anilines is 2. The normalized spacial score (nSPS) is 21.0. The molecule has 30 heteroatoms. The van der Waals surface area contributed by atoms with Gasteiger partial charge in [0.05, 0.1) is 72.9 Å². The Morgan fingerprint density at radius 3 is 1.22 bits per heavy atom. The zero-order valence-electron chi connectivity index (χ0n) is 55.5. The van der Waals surface area contributed by atoms with Gasteiger partial charge in [0.2, 0.25) is 11.6 Å². The van der Waals surface area contributed by atoms with Gasteiger partial charge in [-0.15, -0.1) is 0 Å². The Labute approximate surface area is 596 Å². The van der Waals surface area contributed by atoms with Gasteiger partial charge in [-0.1, -0.05) is 72.4 Å². The largest absolute Gasteiger partial charge is 0.627 e. The maximum Gasteiger partial charge on any atom is 0.350 e. The number of benzene rings is 6. The lowest BCUT2D eigenvalue weighted by molar-refractivity contribution is -0.191. The Morgan fingerprint density at radius 2 is 0.880 bits per heavy atom. The van der Waals surface area contributed by atoms with Crippen molar-refractivity contribution in [3.8, 4) is 22.9 Å². The topological polar surface area (TPSA) is 249 Å². The summed E-state index contributed by atoms with van der Waals surface area (Å²) in [5.41, 5.74) is 5.83. The summed E-state index contributed by atoms with van der Waals surface area (Å²) in [5.74, 6) is -1.16. The molecule has 8 heterocycles. The molecule has 0 N–H and O–H groups in total. The fourth-order valence-electron chi connectivity index (χ4n) is 12.8. The first-order valence-electron chi connectivity index (χ1n) is 33.2. The highest BCUT2D eigenvalue weighted by molar-refractivity contribution is 6.35. The second-order valence-corrected chi connectivity index (χ2v) is 27.0. The first kappa shape index (κ1) is 70.0. The van der Waals surface area contributed by atoms with Crippen molar-refractivity contribution in [2.45, 2.75) is 89.5 Å². The Balaban J connectivity index is 0.000000179. The Kier molecular flexibility index (Phi) is 21.0. The number of rotatable bonds is 22. The maximum atomic E-state index is 13.9. The van der Waals surface area contributed by atoms with E-state index in [0.29, 0.717) is 106 Å². The first-order chi connectivity index (χ1) is 48.3. The van der Waals surface area contributed by atoms with Crippen LogP contribution in [0.15, 0.2) is 181 Å². The molecule has 6 aromatic carbocycles. The minimum absolute atomic E-state index is 0.0344. The van der Waals surface area contributed by atoms with E-state index in [0.717, 1.165) is 35.6 Å². The molecule has 0 radical (unpaired) electrons. The number of ether oxygens (including phenoxy) is 6. The van der Waals surface area contributed by atoms with Crippen LogP contribution >= 0.6 is 46.4 Å². The van der Waals surface area contributed by atoms with Crippen LogP contribution in [0.25, 0.3) is 11.4 Å². The molecule has 4 aliphatic heterocycles. The van der Waals surface area contributed by atoms with Crippen LogP contribution in [-0.2, 0) is 43.6 Å². The predicted molar refractivity (Wildman–Crippen MR) is 382 cm³/mol. The molecule has 524 valence electrons. The van der Waals surface area contributed by atoms with Crippen molar-refractivity contribution in [3.05, 3.63) is 234 Å². The number of hydrogen-bond donors (Lipinski definition) is 0. The van der Waals surface area contributed by atoms with Gasteiger partial charge >= 0.3 is 11.4 Å². The fraction of sp³-hybridized carbons (Fsp3) is 0.371. The van der Waals surface area contributed by atoms with E-state index in [9.17, 15) is 20.0 Å². The summed E-state index contributed by atoms with van der Waals surface area (Å²) >= 11 is 25.4. The van der Waals surface area contributed by atoms with E-state index in [1.807, 2.05) is 125 Å². The molecule has 0 saturated carbocycles. The standard InChI is InChI=1S/2C35H38Cl2N8O5/c2*1-3-25(2)44-34(46)43(24-40-44)28-7-5-27(6-8-28)41-14-16-45(47,17-15-41)29-9-11-30(12-10-29)48-19-31-20-49-35(50-31,21-42-23-38-22-39-42)32-13-4-26(36)18-33(32)37/h2*4-13,18,22-25,31H,3,14-17,19-21H2,1-2H3/t2*25?,31-,35-/m10/s1. The Hall–Kier alpha value is -8.48. The Bertz CT molecular complexity index is 4210. The second-order valence-electron chi connectivity index (χ2n) is 25.3. The van der Waals surface area contributed by atoms with E-state index in [-0.39, 0.29) is 63.0 Å². The van der Waals surface area contributed by atoms with E-state index in [2.05, 4.69) is 40.2 Å². The molecular formula is C70H76Cl4N16O10. The molecule has 2 unspecified atom stereocenters. The number of quaternary nitrogens is 2. The summed E-state index contributed by atoms with van der Waals surface area (Å²) in [5, 5.41) is 46.6. The van der Waals surface area contributed by atoms with Crippen LogP contribution in [0.2, 0.25) is 20.1 Å². The number of hydroxylamine groups is 4. The summed E-state index contributed by atoms with van der Waals surface area (Å²) in [4.78, 5) is 38.1. The van der Waals surface area contributed by atoms with Crippen LogP contribution in [0, 0.1) is 10.4 Å². The number of halogens is 4. The van der Waals surface area contributed by atoms with Crippen LogP contribution in [0.1, 0.15) is 63.7 Å². The third-order valence-corrected chi connectivity index (χ3v) is 20.0. The smallest absolute Gasteiger partial charge is 0.350 e. The third-order valence-electron chi connectivity index (χ3n) is 18.9. The van der Waals surface area contributed by atoms with Gasteiger partial charge in [-0.05, 0) is 124 Å². The van der Waals surface area contributed by atoms with E-state index < -0.39 is 33.1 Å². The van der Waals surface area contributed by atoms with Crippen molar-refractivity contribution in [1.82, 2.24) is 67.5 Å². The second kappa shape index (κ2) is 30.0. The van der Waals surface area contributed by atoms with Crippen molar-refractivity contribution in [2.24, 2.45) is 0 Å². The molecule has 4 aromatic heterocycles. The molecule has 4 saturated heterocycles. The highest BCUT2D eigenvalue weighted by atomic mass is 35.5. The summed E-state index contributed by atoms with van der Waals surface area (Å²) in [6.07, 6.45) is 10.0. The number of aromatic nitrogens is 12. The van der Waals surface area contributed by atoms with Gasteiger partial charge in [0.25, 0.3) is 0 Å². The van der Waals surface area contributed by atoms with Gasteiger partial charge in [-0.2, -0.15) is 20.4 Å². The van der Waals surface area contributed by atoms with Crippen LogP contribution in [-0.4, -0.2) is 149 Å². The van der Waals surface area contributed by atoms with Crippen LogP contribution in [0.5, 0.6) is 11.5 Å². The molecule has 4 aliphatic rings. The monoisotopic (exact) mass is 1440 g/mol. The van der Waals surface area contributed by atoms with Crippen LogP contribution < -0.4 is 39.9 Å². The molecule has 100 heavy (non-hydrogen) atoms. The van der Waals surface area contributed by atoms with E-state index in [4.69, 9.17) is 74.8 Å². The summed E-state index contributed by atoms with van der Waals surface area (Å²) in [7, 11) is 0. The summed E-state index contributed by atoms with van der Waals surface area (Å²) < 4.78 is 46.0. The minimum atomic E-state index is -1.20. The lowest BCUT2D eigenvalue weighted by Crippen LogP contribution is -2.57. The quantitative estimate of drug-likeness (QED) is 0.0452. The maximum absolute atomic E-state index is 13.9. The minimum Gasteiger partial charge on any atom is -0.627 e. The van der Waals surface area contributed by atoms with Crippen molar-refractivity contribution in [3.63, 3.8) is 0 Å². The average Bonchev–Trinajstić information content (AvgIpc) is 1.57. The van der Waals surface area contributed by atoms with E-state index in [1.54, 1.807) is 80.2 Å². The van der Waals surface area contributed by atoms with Crippen LogP contribution in [0.4, 0.5) is 22.7 Å². The molecule has 26 nitrogen and oxygen atoms in total. The molecule has 6 atom stereocenters. The van der Waals surface area contributed by atoms with Gasteiger partial charge in [0.1, 0.15) is 126 Å². The summed E-state index contributed by atoms with van der Waals surface area (Å²) in [6, 6.07) is 40.6. The molecule has 0 aliphatic carbocycles. The lowest BCUT2D eigenvalue weighted by Gasteiger charge is -2.48. The number of piperazine rings is 2. The van der Waals surface area contributed by atoms with Gasteiger partial charge < -0.3 is 57.9 Å². The fourth-order valence-corrected chi connectivity index (χ4v) is 13.9. The third kappa shape index (κ3) is 15.1. The van der Waals surface area contributed by atoms with E-state index in [1.165, 1.54) is 22.0 Å². The van der Waals surface area contributed by atoms with Crippen molar-refractivity contribution < 1.29 is 28.4 Å². The van der Waals surface area contributed by atoms with Gasteiger partial charge in [-0.3, -0.25) is 0 Å². The number of nitrogens with zero attached hydrogens (tertiary/aromatic N) is 16. The highest BCUT2D eigenvalue weighted by Gasteiger charge is 2.47. The zero-order valence-corrected chi connectivity index (χ0v) is 58.6. The van der Waals surface area contributed by atoms with Gasteiger partial charge in [0, 0.05) is 56.8 Å². The van der Waals surface area contributed by atoms with Gasteiger partial charge in [-0.25, -0.2) is 47.4 Å².